The van der Waals surface area contributed by atoms with E-state index in [-0.39, 0.29) is 16.7 Å². The number of methoxy groups -OCH3 is 1. The third-order valence-electron chi connectivity index (χ3n) is 3.83. The standard InChI is InChI=1S/C14H23N3O3S/c1-3-17-8-6-12(7-9-17)16-21(18,19)14-5-4-11(15)10-13(14)20-2/h4-5,10,12,16H,3,6-9,15H2,1-2H3. The average molecular weight is 313 g/mol. The van der Waals surface area contributed by atoms with Crippen LogP contribution in [0.5, 0.6) is 5.75 Å². The van der Waals surface area contributed by atoms with Gasteiger partial charge in [0.05, 0.1) is 7.11 Å². The van der Waals surface area contributed by atoms with Crippen molar-refractivity contribution < 1.29 is 13.2 Å². The van der Waals surface area contributed by atoms with Gasteiger partial charge in [0.2, 0.25) is 10.0 Å². The molecule has 1 saturated heterocycles. The van der Waals surface area contributed by atoms with Crippen molar-refractivity contribution in [1.82, 2.24) is 9.62 Å². The molecule has 0 saturated carbocycles. The summed E-state index contributed by atoms with van der Waals surface area (Å²) in [6.07, 6.45) is 1.65. The number of nitrogens with zero attached hydrogens (tertiary/aromatic N) is 1. The molecule has 0 aromatic heterocycles. The van der Waals surface area contributed by atoms with Gasteiger partial charge >= 0.3 is 0 Å². The molecule has 2 rings (SSSR count). The first-order valence-electron chi connectivity index (χ1n) is 7.14. The Balaban J connectivity index is 2.12. The first-order valence-corrected chi connectivity index (χ1v) is 8.62. The van der Waals surface area contributed by atoms with Crippen LogP contribution >= 0.6 is 0 Å². The van der Waals surface area contributed by atoms with Crippen LogP contribution in [0.2, 0.25) is 0 Å². The Morgan fingerprint density at radius 1 is 1.38 bits per heavy atom. The molecule has 3 N–H and O–H groups in total. The number of sulfonamides is 1. The molecular weight excluding hydrogens is 290 g/mol. The van der Waals surface area contributed by atoms with Crippen LogP contribution in [0, 0.1) is 0 Å². The number of piperidine rings is 1. The van der Waals surface area contributed by atoms with E-state index >= 15 is 0 Å². The Kier molecular flexibility index (Phi) is 5.08. The Morgan fingerprint density at radius 3 is 2.62 bits per heavy atom. The first-order chi connectivity index (χ1) is 9.96. The number of anilines is 1. The molecule has 1 fully saturated rings. The summed E-state index contributed by atoms with van der Waals surface area (Å²) in [5, 5.41) is 0. The summed E-state index contributed by atoms with van der Waals surface area (Å²) in [4.78, 5) is 2.45. The first kappa shape index (κ1) is 16.1. The summed E-state index contributed by atoms with van der Waals surface area (Å²) in [5.74, 6) is 0.272. The number of benzene rings is 1. The lowest BCUT2D eigenvalue weighted by molar-refractivity contribution is 0.217. The predicted molar refractivity (Wildman–Crippen MR) is 82.9 cm³/mol. The second-order valence-electron chi connectivity index (χ2n) is 5.24. The second kappa shape index (κ2) is 6.64. The highest BCUT2D eigenvalue weighted by atomic mass is 32.2. The van der Waals surface area contributed by atoms with E-state index in [9.17, 15) is 8.42 Å². The van der Waals surface area contributed by atoms with Gasteiger partial charge < -0.3 is 15.4 Å². The number of ether oxygens (including phenoxy) is 1. The van der Waals surface area contributed by atoms with Crippen LogP contribution in [0.15, 0.2) is 23.1 Å². The van der Waals surface area contributed by atoms with Gasteiger partial charge in [0.25, 0.3) is 0 Å². The molecule has 1 aromatic rings. The summed E-state index contributed by atoms with van der Waals surface area (Å²) in [5.41, 5.74) is 6.13. The molecule has 0 spiro atoms. The molecule has 0 amide bonds. The lowest BCUT2D eigenvalue weighted by Gasteiger charge is -2.31. The monoisotopic (exact) mass is 313 g/mol. The molecule has 1 aliphatic heterocycles. The van der Waals surface area contributed by atoms with E-state index in [0.29, 0.717) is 5.69 Å². The molecule has 1 aliphatic rings. The quantitative estimate of drug-likeness (QED) is 0.794. The third-order valence-corrected chi connectivity index (χ3v) is 5.39. The van der Waals surface area contributed by atoms with E-state index in [2.05, 4.69) is 16.5 Å². The Morgan fingerprint density at radius 2 is 2.05 bits per heavy atom. The highest BCUT2D eigenvalue weighted by Gasteiger charge is 2.26. The van der Waals surface area contributed by atoms with E-state index in [1.54, 1.807) is 6.07 Å². The maximum atomic E-state index is 12.5. The fourth-order valence-corrected chi connectivity index (χ4v) is 4.01. The predicted octanol–water partition coefficient (Wildman–Crippen LogP) is 1.04. The van der Waals surface area contributed by atoms with Gasteiger partial charge in [-0.3, -0.25) is 0 Å². The lowest BCUT2D eigenvalue weighted by Crippen LogP contribution is -2.44. The largest absolute Gasteiger partial charge is 0.495 e. The fourth-order valence-electron chi connectivity index (χ4n) is 2.56. The summed E-state index contributed by atoms with van der Waals surface area (Å²) < 4.78 is 32.9. The normalized spacial score (nSPS) is 17.8. The van der Waals surface area contributed by atoms with Gasteiger partial charge in [-0.2, -0.15) is 0 Å². The minimum absolute atomic E-state index is 0.0277. The second-order valence-corrected chi connectivity index (χ2v) is 6.92. The number of hydrogen-bond acceptors (Lipinski definition) is 5. The minimum Gasteiger partial charge on any atom is -0.495 e. The highest BCUT2D eigenvalue weighted by Crippen LogP contribution is 2.26. The van der Waals surface area contributed by atoms with Crippen molar-refractivity contribution in [2.45, 2.75) is 30.7 Å². The average Bonchev–Trinajstić information content (AvgIpc) is 2.47. The van der Waals surface area contributed by atoms with Crippen LogP contribution in [-0.2, 0) is 10.0 Å². The number of hydrogen-bond donors (Lipinski definition) is 2. The van der Waals surface area contributed by atoms with E-state index < -0.39 is 10.0 Å². The van der Waals surface area contributed by atoms with Gasteiger partial charge in [0.1, 0.15) is 10.6 Å². The molecule has 7 heteroatoms. The summed E-state index contributed by atoms with van der Waals surface area (Å²) >= 11 is 0. The third kappa shape index (κ3) is 3.87. The van der Waals surface area contributed by atoms with Gasteiger partial charge in [-0.05, 0) is 44.6 Å². The molecule has 21 heavy (non-hydrogen) atoms. The van der Waals surface area contributed by atoms with Gasteiger partial charge in [-0.25, -0.2) is 13.1 Å². The Labute approximate surface area is 126 Å². The van der Waals surface area contributed by atoms with Crippen LogP contribution in [0.3, 0.4) is 0 Å². The summed E-state index contributed by atoms with van der Waals surface area (Å²) in [7, 11) is -2.15. The molecule has 0 aliphatic carbocycles. The van der Waals surface area contributed by atoms with Gasteiger partial charge in [-0.1, -0.05) is 6.92 Å². The number of nitrogens with two attached hydrogens (primary N) is 1. The molecule has 118 valence electrons. The number of likely N-dealkylation sites (tertiary alicyclic amines) is 1. The van der Waals surface area contributed by atoms with Crippen LogP contribution in [0.25, 0.3) is 0 Å². The fraction of sp³-hybridized carbons (Fsp3) is 0.571. The Hall–Kier alpha value is -1.31. The number of nitrogens with one attached hydrogen (secondary N) is 1. The SMILES string of the molecule is CCN1CCC(NS(=O)(=O)c2ccc(N)cc2OC)CC1. The van der Waals surface area contributed by atoms with Crippen molar-refractivity contribution in [1.29, 1.82) is 0 Å². The molecule has 0 radical (unpaired) electrons. The van der Waals surface area contributed by atoms with Crippen molar-refractivity contribution in [3.8, 4) is 5.75 Å². The van der Waals surface area contributed by atoms with Crippen molar-refractivity contribution in [3.05, 3.63) is 18.2 Å². The lowest BCUT2D eigenvalue weighted by atomic mass is 10.1. The maximum absolute atomic E-state index is 12.5. The van der Waals surface area contributed by atoms with Crippen LogP contribution in [0.1, 0.15) is 19.8 Å². The molecule has 6 nitrogen and oxygen atoms in total. The number of rotatable bonds is 5. The molecule has 0 bridgehead atoms. The van der Waals surface area contributed by atoms with E-state index in [1.807, 2.05) is 0 Å². The zero-order valence-electron chi connectivity index (χ0n) is 12.5. The van der Waals surface area contributed by atoms with Crippen molar-refractivity contribution >= 4 is 15.7 Å². The molecule has 0 atom stereocenters. The number of nitrogen functional groups attached to an aromatic ring is 1. The summed E-state index contributed by atoms with van der Waals surface area (Å²) in [6.45, 7) is 4.96. The molecule has 0 unspecified atom stereocenters. The van der Waals surface area contributed by atoms with Crippen molar-refractivity contribution in [2.24, 2.45) is 0 Å². The molecular formula is C14H23N3O3S. The molecule has 1 heterocycles. The van der Waals surface area contributed by atoms with E-state index in [1.165, 1.54) is 19.2 Å². The van der Waals surface area contributed by atoms with Crippen LogP contribution in [0.4, 0.5) is 5.69 Å². The van der Waals surface area contributed by atoms with E-state index in [0.717, 1.165) is 32.5 Å². The van der Waals surface area contributed by atoms with E-state index in [4.69, 9.17) is 10.5 Å². The van der Waals surface area contributed by atoms with Crippen LogP contribution in [-0.4, -0.2) is 46.1 Å². The maximum Gasteiger partial charge on any atom is 0.244 e. The van der Waals surface area contributed by atoms with Gasteiger partial charge in [0.15, 0.2) is 0 Å². The smallest absolute Gasteiger partial charge is 0.244 e. The zero-order valence-corrected chi connectivity index (χ0v) is 13.3. The van der Waals surface area contributed by atoms with Crippen LogP contribution < -0.4 is 15.2 Å². The minimum atomic E-state index is -3.59. The van der Waals surface area contributed by atoms with Crippen molar-refractivity contribution in [2.75, 3.05) is 32.5 Å². The zero-order chi connectivity index (χ0) is 15.5. The molecule has 1 aromatic carbocycles. The topological polar surface area (TPSA) is 84.7 Å². The van der Waals surface area contributed by atoms with Crippen molar-refractivity contribution in [3.63, 3.8) is 0 Å². The summed E-state index contributed by atoms with van der Waals surface area (Å²) in [6, 6.07) is 4.54. The van der Waals surface area contributed by atoms with Gasteiger partial charge in [0, 0.05) is 17.8 Å². The van der Waals surface area contributed by atoms with Gasteiger partial charge in [-0.15, -0.1) is 0 Å². The Bertz CT molecular complexity index is 581. The highest BCUT2D eigenvalue weighted by molar-refractivity contribution is 7.89.